The maximum absolute atomic E-state index is 13.1. The first-order chi connectivity index (χ1) is 8.11. The van der Waals surface area contributed by atoms with Gasteiger partial charge in [0.25, 0.3) is 0 Å². The lowest BCUT2D eigenvalue weighted by molar-refractivity contribution is 0.112. The molecule has 86 valence electrons. The summed E-state index contributed by atoms with van der Waals surface area (Å²) in [6, 6.07) is 8.14. The summed E-state index contributed by atoms with van der Waals surface area (Å²) < 4.78 is 25.9. The highest BCUT2D eigenvalue weighted by Crippen LogP contribution is 2.26. The van der Waals surface area contributed by atoms with Gasteiger partial charge in [-0.3, -0.25) is 4.79 Å². The summed E-state index contributed by atoms with van der Waals surface area (Å²) in [6.07, 6.45) is 0.627. The second-order valence-corrected chi connectivity index (χ2v) is 3.91. The van der Waals surface area contributed by atoms with Gasteiger partial charge in [-0.1, -0.05) is 23.7 Å². The molecule has 0 atom stereocenters. The van der Waals surface area contributed by atoms with Gasteiger partial charge in [-0.15, -0.1) is 0 Å². The number of carbonyl (C=O) groups is 1. The van der Waals surface area contributed by atoms with Crippen LogP contribution in [0.3, 0.4) is 0 Å². The summed E-state index contributed by atoms with van der Waals surface area (Å²) >= 11 is 5.75. The molecule has 0 amide bonds. The molecule has 0 saturated heterocycles. The van der Waals surface area contributed by atoms with Gasteiger partial charge in [0.1, 0.15) is 0 Å². The van der Waals surface area contributed by atoms with Gasteiger partial charge >= 0.3 is 0 Å². The van der Waals surface area contributed by atoms with Crippen LogP contribution in [0.5, 0.6) is 0 Å². The van der Waals surface area contributed by atoms with Gasteiger partial charge in [-0.05, 0) is 35.4 Å². The Morgan fingerprint density at radius 1 is 1.00 bits per heavy atom. The molecule has 0 aliphatic heterocycles. The Kier molecular flexibility index (Phi) is 3.20. The van der Waals surface area contributed by atoms with Crippen LogP contribution in [-0.2, 0) is 0 Å². The summed E-state index contributed by atoms with van der Waals surface area (Å²) in [5.74, 6) is -1.87. The highest BCUT2D eigenvalue weighted by Gasteiger charge is 2.08. The molecule has 4 heteroatoms. The molecular weight excluding hydrogens is 246 g/mol. The zero-order valence-corrected chi connectivity index (χ0v) is 9.34. The molecule has 0 fully saturated rings. The lowest BCUT2D eigenvalue weighted by atomic mass is 10.0. The van der Waals surface area contributed by atoms with Gasteiger partial charge in [0.2, 0.25) is 0 Å². The lowest BCUT2D eigenvalue weighted by Gasteiger charge is -2.06. The minimum absolute atomic E-state index is 0.337. The van der Waals surface area contributed by atoms with Gasteiger partial charge in [0.05, 0.1) is 0 Å². The van der Waals surface area contributed by atoms with E-state index < -0.39 is 11.6 Å². The smallest absolute Gasteiger partial charge is 0.159 e. The molecule has 0 unspecified atom stereocenters. The molecule has 0 N–H and O–H groups in total. The Bertz CT molecular complexity index is 582. The molecule has 0 spiro atoms. The Labute approximate surface area is 102 Å². The minimum atomic E-state index is -0.950. The first kappa shape index (κ1) is 11.7. The van der Waals surface area contributed by atoms with Crippen molar-refractivity contribution in [2.24, 2.45) is 0 Å². The van der Waals surface area contributed by atoms with E-state index in [1.165, 1.54) is 12.1 Å². The summed E-state index contributed by atoms with van der Waals surface area (Å²) in [5.41, 5.74) is 1.29. The Morgan fingerprint density at radius 2 is 1.76 bits per heavy atom. The Balaban J connectivity index is 2.59. The predicted molar refractivity (Wildman–Crippen MR) is 62.2 cm³/mol. The van der Waals surface area contributed by atoms with Crippen LogP contribution in [0.1, 0.15) is 10.4 Å². The molecule has 1 nitrogen and oxygen atoms in total. The molecule has 2 aromatic carbocycles. The van der Waals surface area contributed by atoms with Crippen molar-refractivity contribution in [3.05, 3.63) is 58.6 Å². The van der Waals surface area contributed by atoms with E-state index in [2.05, 4.69) is 0 Å². The standard InChI is InChI=1S/C13H7ClF2O/c14-10-2-3-11(9(5-10)7-17)8-1-4-12(15)13(16)6-8/h1-7H. The molecule has 0 radical (unpaired) electrons. The third kappa shape index (κ3) is 2.34. The number of hydrogen-bond donors (Lipinski definition) is 0. The van der Waals surface area contributed by atoms with E-state index >= 15 is 0 Å². The summed E-state index contributed by atoms with van der Waals surface area (Å²) in [7, 11) is 0. The molecule has 0 aromatic heterocycles. The van der Waals surface area contributed by atoms with Crippen molar-refractivity contribution in [2.45, 2.75) is 0 Å². The number of halogens is 3. The van der Waals surface area contributed by atoms with Crippen molar-refractivity contribution in [3.8, 4) is 11.1 Å². The fraction of sp³-hybridized carbons (Fsp3) is 0. The highest BCUT2D eigenvalue weighted by molar-refractivity contribution is 6.31. The highest BCUT2D eigenvalue weighted by atomic mass is 35.5. The Hall–Kier alpha value is -1.74. The first-order valence-corrected chi connectivity index (χ1v) is 5.20. The summed E-state index contributed by atoms with van der Waals surface area (Å²) in [5, 5.41) is 0.415. The van der Waals surface area contributed by atoms with Crippen molar-refractivity contribution >= 4 is 17.9 Å². The first-order valence-electron chi connectivity index (χ1n) is 4.82. The molecule has 0 saturated carbocycles. The minimum Gasteiger partial charge on any atom is -0.298 e. The van der Waals surface area contributed by atoms with E-state index in [1.807, 2.05) is 0 Å². The molecular formula is C13H7ClF2O. The fourth-order valence-electron chi connectivity index (χ4n) is 1.56. The van der Waals surface area contributed by atoms with E-state index in [0.29, 0.717) is 28.0 Å². The predicted octanol–water partition coefficient (Wildman–Crippen LogP) is 4.10. The molecule has 0 aliphatic carbocycles. The maximum Gasteiger partial charge on any atom is 0.159 e. The summed E-state index contributed by atoms with van der Waals surface area (Å²) in [4.78, 5) is 10.9. The van der Waals surface area contributed by atoms with Crippen LogP contribution in [0.25, 0.3) is 11.1 Å². The van der Waals surface area contributed by atoms with Crippen molar-refractivity contribution < 1.29 is 13.6 Å². The molecule has 0 bridgehead atoms. The topological polar surface area (TPSA) is 17.1 Å². The SMILES string of the molecule is O=Cc1cc(Cl)ccc1-c1ccc(F)c(F)c1. The van der Waals surface area contributed by atoms with Crippen molar-refractivity contribution in [1.29, 1.82) is 0 Å². The van der Waals surface area contributed by atoms with Gasteiger partial charge in [-0.2, -0.15) is 0 Å². The average molecular weight is 253 g/mol. The van der Waals surface area contributed by atoms with Gasteiger partial charge in [0.15, 0.2) is 17.9 Å². The zero-order chi connectivity index (χ0) is 12.4. The molecule has 17 heavy (non-hydrogen) atoms. The number of aldehydes is 1. The molecule has 2 aromatic rings. The van der Waals surface area contributed by atoms with Gasteiger partial charge in [-0.25, -0.2) is 8.78 Å². The number of hydrogen-bond acceptors (Lipinski definition) is 1. The second kappa shape index (κ2) is 4.63. The third-order valence-electron chi connectivity index (χ3n) is 2.37. The van der Waals surface area contributed by atoms with E-state index in [4.69, 9.17) is 11.6 Å². The van der Waals surface area contributed by atoms with Crippen LogP contribution in [0.15, 0.2) is 36.4 Å². The fourth-order valence-corrected chi connectivity index (χ4v) is 1.74. The number of benzene rings is 2. The van der Waals surface area contributed by atoms with E-state index in [1.54, 1.807) is 12.1 Å². The second-order valence-electron chi connectivity index (χ2n) is 3.48. The van der Waals surface area contributed by atoms with Crippen LogP contribution in [0.2, 0.25) is 5.02 Å². The zero-order valence-electron chi connectivity index (χ0n) is 8.58. The Morgan fingerprint density at radius 3 is 2.41 bits per heavy atom. The number of carbonyl (C=O) groups excluding carboxylic acids is 1. The molecule has 2 rings (SSSR count). The normalized spacial score (nSPS) is 10.3. The van der Waals surface area contributed by atoms with Gasteiger partial charge in [0, 0.05) is 10.6 Å². The number of rotatable bonds is 2. The maximum atomic E-state index is 13.1. The van der Waals surface area contributed by atoms with E-state index in [-0.39, 0.29) is 0 Å². The third-order valence-corrected chi connectivity index (χ3v) is 2.61. The molecule has 0 aliphatic rings. The largest absolute Gasteiger partial charge is 0.298 e. The van der Waals surface area contributed by atoms with Crippen LogP contribution < -0.4 is 0 Å². The van der Waals surface area contributed by atoms with Crippen molar-refractivity contribution in [1.82, 2.24) is 0 Å². The lowest BCUT2D eigenvalue weighted by Crippen LogP contribution is -1.90. The van der Waals surface area contributed by atoms with Crippen LogP contribution in [-0.4, -0.2) is 6.29 Å². The van der Waals surface area contributed by atoms with Gasteiger partial charge < -0.3 is 0 Å². The molecule has 0 heterocycles. The van der Waals surface area contributed by atoms with Crippen LogP contribution >= 0.6 is 11.6 Å². The monoisotopic (exact) mass is 252 g/mol. The van der Waals surface area contributed by atoms with Crippen molar-refractivity contribution in [3.63, 3.8) is 0 Å². The summed E-state index contributed by atoms with van der Waals surface area (Å²) in [6.45, 7) is 0. The van der Waals surface area contributed by atoms with E-state index in [0.717, 1.165) is 12.1 Å². The average Bonchev–Trinajstić information content (AvgIpc) is 2.32. The van der Waals surface area contributed by atoms with Crippen LogP contribution in [0.4, 0.5) is 8.78 Å². The van der Waals surface area contributed by atoms with Crippen molar-refractivity contribution in [2.75, 3.05) is 0 Å². The quantitative estimate of drug-likeness (QED) is 0.736. The van der Waals surface area contributed by atoms with E-state index in [9.17, 15) is 13.6 Å². The van der Waals surface area contributed by atoms with Crippen LogP contribution in [0, 0.1) is 11.6 Å².